The van der Waals surface area contributed by atoms with Crippen molar-refractivity contribution in [2.75, 3.05) is 10.0 Å². The molecular formula is C29H25F2N3O4S2. The number of halogens is 2. The van der Waals surface area contributed by atoms with Gasteiger partial charge in [-0.1, -0.05) is 48.5 Å². The Hall–Kier alpha value is -4.35. The molecule has 0 aliphatic heterocycles. The van der Waals surface area contributed by atoms with Gasteiger partial charge in [0, 0.05) is 36.0 Å². The second-order valence-corrected chi connectivity index (χ2v) is 10.9. The molecule has 4 rings (SSSR count). The third-order valence-corrected chi connectivity index (χ3v) is 7.47. The average Bonchev–Trinajstić information content (AvgIpc) is 2.91. The van der Waals surface area contributed by atoms with Gasteiger partial charge in [-0.05, 0) is 71.7 Å². The molecule has 11 heteroatoms. The molecule has 0 heterocycles. The smallest absolute Gasteiger partial charge is 0.303 e. The van der Waals surface area contributed by atoms with Crippen molar-refractivity contribution >= 4 is 44.7 Å². The van der Waals surface area contributed by atoms with Crippen molar-refractivity contribution in [1.29, 1.82) is 0 Å². The lowest BCUT2D eigenvalue weighted by atomic mass is 9.95. The Morgan fingerprint density at radius 3 is 2.35 bits per heavy atom. The van der Waals surface area contributed by atoms with Gasteiger partial charge in [-0.25, -0.2) is 17.2 Å². The topological polar surface area (TPSA) is 108 Å². The Kier molecular flexibility index (Phi) is 9.08. The van der Waals surface area contributed by atoms with E-state index in [9.17, 15) is 22.0 Å². The lowest BCUT2D eigenvalue weighted by Gasteiger charge is -2.14. The van der Waals surface area contributed by atoms with Crippen molar-refractivity contribution in [3.05, 3.63) is 114 Å². The van der Waals surface area contributed by atoms with Gasteiger partial charge < -0.3 is 15.7 Å². The van der Waals surface area contributed by atoms with Crippen LogP contribution in [0.25, 0.3) is 11.1 Å². The van der Waals surface area contributed by atoms with Crippen molar-refractivity contribution in [2.24, 2.45) is 0 Å². The lowest BCUT2D eigenvalue weighted by molar-refractivity contribution is -0.136. The van der Waals surface area contributed by atoms with Crippen LogP contribution >= 0.6 is 12.2 Å². The first-order valence-corrected chi connectivity index (χ1v) is 14.0. The van der Waals surface area contributed by atoms with Gasteiger partial charge in [0.2, 0.25) is 0 Å². The highest BCUT2D eigenvalue weighted by atomic mass is 32.2. The molecule has 0 unspecified atom stereocenters. The molecule has 40 heavy (non-hydrogen) atoms. The van der Waals surface area contributed by atoms with Crippen LogP contribution in [-0.4, -0.2) is 24.6 Å². The van der Waals surface area contributed by atoms with Crippen LogP contribution in [0.4, 0.5) is 20.2 Å². The molecule has 0 fully saturated rings. The summed E-state index contributed by atoms with van der Waals surface area (Å²) in [6.07, 6.45) is -0.422. The zero-order chi connectivity index (χ0) is 28.7. The fourth-order valence-electron chi connectivity index (χ4n) is 4.04. The molecule has 7 nitrogen and oxygen atoms in total. The molecule has 0 atom stereocenters. The fourth-order valence-corrected chi connectivity index (χ4v) is 5.32. The van der Waals surface area contributed by atoms with Crippen molar-refractivity contribution < 1.29 is 27.1 Å². The maximum atomic E-state index is 14.8. The predicted molar refractivity (Wildman–Crippen MR) is 155 cm³/mol. The Balaban J connectivity index is 1.51. The summed E-state index contributed by atoms with van der Waals surface area (Å²) in [7, 11) is -4.06. The number of aliphatic carboxylic acids is 1. The van der Waals surface area contributed by atoms with E-state index in [1.54, 1.807) is 12.1 Å². The van der Waals surface area contributed by atoms with E-state index in [0.717, 1.165) is 11.6 Å². The number of sulfonamides is 1. The van der Waals surface area contributed by atoms with Crippen LogP contribution in [-0.2, 0) is 27.8 Å². The quantitative estimate of drug-likeness (QED) is 0.172. The van der Waals surface area contributed by atoms with Gasteiger partial charge in [-0.3, -0.25) is 9.52 Å². The molecule has 0 radical (unpaired) electrons. The molecule has 0 aliphatic carbocycles. The summed E-state index contributed by atoms with van der Waals surface area (Å²) in [5, 5.41) is 15.4. The highest BCUT2D eigenvalue weighted by Gasteiger charge is 2.18. The maximum absolute atomic E-state index is 14.8. The van der Waals surface area contributed by atoms with E-state index in [0.29, 0.717) is 23.4 Å². The normalized spacial score (nSPS) is 11.1. The van der Waals surface area contributed by atoms with Crippen LogP contribution in [0.3, 0.4) is 0 Å². The standard InChI is InChI=1S/C29H25F2N3O4S2/c30-22-14-21(12-13-27(35)36)28(26(31)16-22)20-8-4-10-24(15-20)34-40(37,38)25-11-5-9-23(17-25)33-29(39)32-18-19-6-2-1-3-7-19/h1-11,14-17,34H,12-13,18H2,(H,35,36)(H2,32,33,39). The molecule has 206 valence electrons. The highest BCUT2D eigenvalue weighted by Crippen LogP contribution is 2.31. The molecule has 0 bridgehead atoms. The second-order valence-electron chi connectivity index (χ2n) is 8.82. The van der Waals surface area contributed by atoms with Crippen molar-refractivity contribution in [2.45, 2.75) is 24.3 Å². The minimum Gasteiger partial charge on any atom is -0.481 e. The molecule has 0 saturated heterocycles. The van der Waals surface area contributed by atoms with Gasteiger partial charge in [0.1, 0.15) is 11.6 Å². The first-order valence-electron chi connectivity index (χ1n) is 12.1. The van der Waals surface area contributed by atoms with E-state index in [1.165, 1.54) is 36.4 Å². The van der Waals surface area contributed by atoms with E-state index >= 15 is 0 Å². The summed E-state index contributed by atoms with van der Waals surface area (Å²) >= 11 is 5.33. The van der Waals surface area contributed by atoms with E-state index in [-0.39, 0.29) is 40.1 Å². The summed E-state index contributed by atoms with van der Waals surface area (Å²) in [5.74, 6) is -2.82. The summed E-state index contributed by atoms with van der Waals surface area (Å²) < 4.78 is 57.5. The van der Waals surface area contributed by atoms with Crippen molar-refractivity contribution in [3.63, 3.8) is 0 Å². The van der Waals surface area contributed by atoms with Crippen molar-refractivity contribution in [3.8, 4) is 11.1 Å². The van der Waals surface area contributed by atoms with Crippen LogP contribution in [0, 0.1) is 11.6 Å². The average molecular weight is 582 g/mol. The van der Waals surface area contributed by atoms with Crippen molar-refractivity contribution in [1.82, 2.24) is 5.32 Å². The number of thiocarbonyl (C=S) groups is 1. The molecule has 0 aromatic heterocycles. The van der Waals surface area contributed by atoms with Gasteiger partial charge in [-0.15, -0.1) is 0 Å². The van der Waals surface area contributed by atoms with Gasteiger partial charge in [0.05, 0.1) is 4.90 Å². The largest absolute Gasteiger partial charge is 0.481 e. The van der Waals surface area contributed by atoms with Gasteiger partial charge in [-0.2, -0.15) is 0 Å². The number of rotatable bonds is 10. The third-order valence-electron chi connectivity index (χ3n) is 5.85. The summed E-state index contributed by atoms with van der Waals surface area (Å²) in [6.45, 7) is 0.495. The molecule has 0 saturated carbocycles. The minimum atomic E-state index is -4.06. The van der Waals surface area contributed by atoms with E-state index in [1.807, 2.05) is 30.3 Å². The molecule has 4 aromatic rings. The Morgan fingerprint density at radius 1 is 0.875 bits per heavy atom. The summed E-state index contributed by atoms with van der Waals surface area (Å²) in [4.78, 5) is 11.0. The van der Waals surface area contributed by atoms with Crippen LogP contribution in [0.5, 0.6) is 0 Å². The van der Waals surface area contributed by atoms with E-state index in [2.05, 4.69) is 15.4 Å². The third kappa shape index (κ3) is 7.61. The van der Waals surface area contributed by atoms with Crippen LogP contribution in [0.2, 0.25) is 0 Å². The zero-order valence-corrected chi connectivity index (χ0v) is 22.7. The zero-order valence-electron chi connectivity index (χ0n) is 21.0. The number of hydrogen-bond acceptors (Lipinski definition) is 4. The van der Waals surface area contributed by atoms with E-state index in [4.69, 9.17) is 17.3 Å². The molecule has 4 N–H and O–H groups in total. The Bertz CT molecular complexity index is 1650. The Morgan fingerprint density at radius 2 is 1.60 bits per heavy atom. The SMILES string of the molecule is O=C(O)CCc1cc(F)cc(F)c1-c1cccc(NS(=O)(=O)c2cccc(NC(=S)NCc3ccccc3)c2)c1. The van der Waals surface area contributed by atoms with Crippen LogP contribution in [0.1, 0.15) is 17.5 Å². The van der Waals surface area contributed by atoms with Gasteiger partial charge >= 0.3 is 5.97 Å². The number of aryl methyl sites for hydroxylation is 1. The second kappa shape index (κ2) is 12.7. The lowest BCUT2D eigenvalue weighted by Crippen LogP contribution is -2.28. The highest BCUT2D eigenvalue weighted by molar-refractivity contribution is 7.92. The maximum Gasteiger partial charge on any atom is 0.303 e. The number of carboxylic acid groups (broad SMARTS) is 1. The number of benzene rings is 4. The number of anilines is 2. The number of hydrogen-bond donors (Lipinski definition) is 4. The summed E-state index contributed by atoms with van der Waals surface area (Å²) in [5.41, 5.74) is 2.07. The monoisotopic (exact) mass is 581 g/mol. The molecule has 4 aromatic carbocycles. The van der Waals surface area contributed by atoms with E-state index < -0.39 is 27.6 Å². The predicted octanol–water partition coefficient (Wildman–Crippen LogP) is 5.94. The van der Waals surface area contributed by atoms with Crippen LogP contribution in [0.15, 0.2) is 95.9 Å². The molecule has 0 aliphatic rings. The number of nitrogens with one attached hydrogen (secondary N) is 3. The molecular weight excluding hydrogens is 556 g/mol. The van der Waals surface area contributed by atoms with Gasteiger partial charge in [0.15, 0.2) is 5.11 Å². The minimum absolute atomic E-state index is 0.00594. The number of carboxylic acids is 1. The molecule has 0 amide bonds. The first-order chi connectivity index (χ1) is 19.1. The van der Waals surface area contributed by atoms with Gasteiger partial charge in [0.25, 0.3) is 10.0 Å². The number of carbonyl (C=O) groups is 1. The first kappa shape index (κ1) is 28.7. The van der Waals surface area contributed by atoms with Crippen LogP contribution < -0.4 is 15.4 Å². The Labute approximate surface area is 235 Å². The summed E-state index contributed by atoms with van der Waals surface area (Å²) in [6, 6.07) is 23.5. The fraction of sp³-hybridized carbons (Fsp3) is 0.103. The molecule has 0 spiro atoms.